The number of fused-ring (bicyclic) bond motifs is 1. The molecule has 13 heavy (non-hydrogen) atoms. The molecule has 1 aromatic heterocycles. The van der Waals surface area contributed by atoms with E-state index in [0.717, 1.165) is 21.2 Å². The minimum Gasteiger partial charge on any atom is -0.618 e. The molecule has 0 saturated heterocycles. The topological polar surface area (TPSA) is 26.9 Å². The molecular formula is C11H11NO. The molecule has 0 aliphatic heterocycles. The monoisotopic (exact) mass is 173 g/mol. The van der Waals surface area contributed by atoms with Crippen LogP contribution in [0.1, 0.15) is 11.3 Å². The zero-order valence-electron chi connectivity index (χ0n) is 7.74. The molecule has 0 unspecified atom stereocenters. The van der Waals surface area contributed by atoms with Crippen LogP contribution in [0.5, 0.6) is 0 Å². The Morgan fingerprint density at radius 3 is 2.62 bits per heavy atom. The van der Waals surface area contributed by atoms with Gasteiger partial charge in [-0.1, -0.05) is 12.1 Å². The van der Waals surface area contributed by atoms with E-state index in [-0.39, 0.29) is 0 Å². The number of aryl methyl sites for hydroxylation is 2. The standard InChI is InChI=1S/C11H11NO/c1-8-4-3-5-11-9(2)12(13)7-6-10(8)11/h3-7H,1-2H3. The quantitative estimate of drug-likeness (QED) is 0.442. The lowest BCUT2D eigenvalue weighted by Gasteiger charge is -2.05. The maximum Gasteiger partial charge on any atom is 0.197 e. The maximum absolute atomic E-state index is 11.3. The summed E-state index contributed by atoms with van der Waals surface area (Å²) in [5.74, 6) is 0. The fraction of sp³-hybridized carbons (Fsp3) is 0.182. The van der Waals surface area contributed by atoms with Crippen molar-refractivity contribution in [2.45, 2.75) is 13.8 Å². The van der Waals surface area contributed by atoms with E-state index in [9.17, 15) is 5.21 Å². The Labute approximate surface area is 77.0 Å². The second-order valence-corrected chi connectivity index (χ2v) is 3.26. The van der Waals surface area contributed by atoms with Crippen LogP contribution in [0.4, 0.5) is 0 Å². The van der Waals surface area contributed by atoms with Gasteiger partial charge >= 0.3 is 0 Å². The van der Waals surface area contributed by atoms with Crippen molar-refractivity contribution in [1.29, 1.82) is 0 Å². The highest BCUT2D eigenvalue weighted by atomic mass is 16.5. The number of rotatable bonds is 0. The van der Waals surface area contributed by atoms with E-state index in [2.05, 4.69) is 13.0 Å². The Balaban J connectivity index is 2.94. The number of benzene rings is 1. The molecule has 0 aliphatic carbocycles. The number of hydrogen-bond donors (Lipinski definition) is 0. The molecule has 0 aliphatic rings. The third kappa shape index (κ3) is 1.15. The van der Waals surface area contributed by atoms with E-state index in [0.29, 0.717) is 0 Å². The Morgan fingerprint density at radius 2 is 1.85 bits per heavy atom. The minimum absolute atomic E-state index is 0.765. The Hall–Kier alpha value is -1.57. The van der Waals surface area contributed by atoms with Gasteiger partial charge in [-0.15, -0.1) is 0 Å². The van der Waals surface area contributed by atoms with Gasteiger partial charge in [0.1, 0.15) is 0 Å². The Bertz CT molecular complexity index is 463. The summed E-state index contributed by atoms with van der Waals surface area (Å²) in [5, 5.41) is 13.5. The van der Waals surface area contributed by atoms with Crippen molar-refractivity contribution in [3.63, 3.8) is 0 Å². The fourth-order valence-corrected chi connectivity index (χ4v) is 1.59. The first kappa shape index (κ1) is 8.05. The van der Waals surface area contributed by atoms with Crippen molar-refractivity contribution in [1.82, 2.24) is 0 Å². The van der Waals surface area contributed by atoms with Crippen molar-refractivity contribution < 1.29 is 4.73 Å². The van der Waals surface area contributed by atoms with Gasteiger partial charge < -0.3 is 5.21 Å². The first-order chi connectivity index (χ1) is 6.20. The van der Waals surface area contributed by atoms with Gasteiger partial charge in [-0.2, -0.15) is 4.73 Å². The average Bonchev–Trinajstić information content (AvgIpc) is 2.12. The fourth-order valence-electron chi connectivity index (χ4n) is 1.59. The summed E-state index contributed by atoms with van der Waals surface area (Å²) in [6.07, 6.45) is 1.56. The van der Waals surface area contributed by atoms with Crippen LogP contribution in [0.15, 0.2) is 30.5 Å². The van der Waals surface area contributed by atoms with Crippen LogP contribution in [-0.4, -0.2) is 0 Å². The molecule has 0 saturated carbocycles. The van der Waals surface area contributed by atoms with Crippen LogP contribution in [0.3, 0.4) is 0 Å². The molecule has 0 N–H and O–H groups in total. The largest absolute Gasteiger partial charge is 0.618 e. The molecule has 2 nitrogen and oxygen atoms in total. The SMILES string of the molecule is Cc1cccc2c(C)[n+]([O-])ccc12. The van der Waals surface area contributed by atoms with Crippen LogP contribution in [0.2, 0.25) is 0 Å². The first-order valence-corrected chi connectivity index (χ1v) is 4.28. The summed E-state index contributed by atoms with van der Waals surface area (Å²) in [7, 11) is 0. The highest BCUT2D eigenvalue weighted by Gasteiger charge is 2.05. The van der Waals surface area contributed by atoms with Crippen LogP contribution >= 0.6 is 0 Å². The predicted molar refractivity (Wildman–Crippen MR) is 52.4 cm³/mol. The summed E-state index contributed by atoms with van der Waals surface area (Å²) in [4.78, 5) is 0. The summed E-state index contributed by atoms with van der Waals surface area (Å²) in [5.41, 5.74) is 1.97. The summed E-state index contributed by atoms with van der Waals surface area (Å²) < 4.78 is 0.905. The summed E-state index contributed by atoms with van der Waals surface area (Å²) in [6.45, 7) is 3.89. The molecule has 1 heterocycles. The number of pyridine rings is 1. The van der Waals surface area contributed by atoms with E-state index < -0.39 is 0 Å². The molecule has 0 radical (unpaired) electrons. The number of hydrogen-bond acceptors (Lipinski definition) is 1. The van der Waals surface area contributed by atoms with E-state index in [1.807, 2.05) is 25.1 Å². The van der Waals surface area contributed by atoms with Crippen LogP contribution in [-0.2, 0) is 0 Å². The molecule has 0 spiro atoms. The van der Waals surface area contributed by atoms with Crippen LogP contribution < -0.4 is 4.73 Å². The third-order valence-corrected chi connectivity index (χ3v) is 2.42. The van der Waals surface area contributed by atoms with Gasteiger partial charge in [0, 0.05) is 13.0 Å². The predicted octanol–water partition coefficient (Wildman–Crippen LogP) is 2.09. The molecule has 66 valence electrons. The lowest BCUT2D eigenvalue weighted by Crippen LogP contribution is -2.29. The summed E-state index contributed by atoms with van der Waals surface area (Å²) >= 11 is 0. The number of nitrogens with zero attached hydrogens (tertiary/aromatic N) is 1. The lowest BCUT2D eigenvalue weighted by molar-refractivity contribution is -0.610. The molecule has 0 atom stereocenters. The molecule has 0 fully saturated rings. The highest BCUT2D eigenvalue weighted by Crippen LogP contribution is 2.18. The van der Waals surface area contributed by atoms with E-state index in [1.54, 1.807) is 6.20 Å². The van der Waals surface area contributed by atoms with Gasteiger partial charge in [0.15, 0.2) is 11.9 Å². The zero-order chi connectivity index (χ0) is 9.42. The first-order valence-electron chi connectivity index (χ1n) is 4.28. The molecule has 2 heteroatoms. The van der Waals surface area contributed by atoms with Crippen molar-refractivity contribution in [3.8, 4) is 0 Å². The molecule has 1 aromatic carbocycles. The smallest absolute Gasteiger partial charge is 0.197 e. The van der Waals surface area contributed by atoms with Crippen molar-refractivity contribution in [2.75, 3.05) is 0 Å². The van der Waals surface area contributed by atoms with Gasteiger partial charge in [-0.3, -0.25) is 0 Å². The van der Waals surface area contributed by atoms with Crippen LogP contribution in [0, 0.1) is 19.1 Å². The Morgan fingerprint density at radius 1 is 1.08 bits per heavy atom. The molecule has 0 amide bonds. The van der Waals surface area contributed by atoms with E-state index >= 15 is 0 Å². The normalized spacial score (nSPS) is 10.6. The van der Waals surface area contributed by atoms with Crippen LogP contribution in [0.25, 0.3) is 10.8 Å². The van der Waals surface area contributed by atoms with Gasteiger partial charge in [-0.25, -0.2) is 0 Å². The summed E-state index contributed by atoms with van der Waals surface area (Å²) in [6, 6.07) is 7.87. The van der Waals surface area contributed by atoms with Crippen molar-refractivity contribution in [3.05, 3.63) is 46.9 Å². The van der Waals surface area contributed by atoms with Crippen molar-refractivity contribution in [2.24, 2.45) is 0 Å². The van der Waals surface area contributed by atoms with Gasteiger partial charge in [0.05, 0.1) is 5.39 Å². The minimum atomic E-state index is 0.765. The molecule has 0 bridgehead atoms. The Kier molecular flexibility index (Phi) is 1.69. The lowest BCUT2D eigenvalue weighted by atomic mass is 10.1. The van der Waals surface area contributed by atoms with E-state index in [1.165, 1.54) is 5.56 Å². The zero-order valence-corrected chi connectivity index (χ0v) is 7.74. The van der Waals surface area contributed by atoms with E-state index in [4.69, 9.17) is 0 Å². The van der Waals surface area contributed by atoms with Gasteiger partial charge in [0.25, 0.3) is 0 Å². The average molecular weight is 173 g/mol. The van der Waals surface area contributed by atoms with Crippen molar-refractivity contribution >= 4 is 10.8 Å². The highest BCUT2D eigenvalue weighted by molar-refractivity contribution is 5.86. The second-order valence-electron chi connectivity index (χ2n) is 3.26. The molecule has 2 rings (SSSR count). The number of aromatic nitrogens is 1. The second kappa shape index (κ2) is 2.73. The maximum atomic E-state index is 11.3. The molecular weight excluding hydrogens is 162 g/mol. The van der Waals surface area contributed by atoms with Gasteiger partial charge in [0.2, 0.25) is 0 Å². The third-order valence-electron chi connectivity index (χ3n) is 2.42. The van der Waals surface area contributed by atoms with Gasteiger partial charge in [-0.05, 0) is 23.9 Å². The molecule has 2 aromatic rings.